The van der Waals surface area contributed by atoms with Gasteiger partial charge in [-0.2, -0.15) is 0 Å². The summed E-state index contributed by atoms with van der Waals surface area (Å²) in [6.07, 6.45) is 4.05. The Labute approximate surface area is 129 Å². The second-order valence-corrected chi connectivity index (χ2v) is 7.08. The SMILES string of the molecule is O=C(CCCc1c[nH]c2ccccc12)NCCCP(=O)(O)O. The Morgan fingerprint density at radius 1 is 1.23 bits per heavy atom. The summed E-state index contributed by atoms with van der Waals surface area (Å²) in [5.41, 5.74) is 2.30. The highest BCUT2D eigenvalue weighted by molar-refractivity contribution is 7.51. The quantitative estimate of drug-likeness (QED) is 0.441. The molecule has 1 amide bonds. The fourth-order valence-corrected chi connectivity index (χ4v) is 2.95. The normalized spacial score (nSPS) is 11.7. The molecule has 0 aliphatic carbocycles. The molecule has 0 bridgehead atoms. The van der Waals surface area contributed by atoms with Crippen LogP contribution in [0.2, 0.25) is 0 Å². The van der Waals surface area contributed by atoms with Gasteiger partial charge in [-0.25, -0.2) is 0 Å². The summed E-state index contributed by atoms with van der Waals surface area (Å²) in [5, 5.41) is 3.87. The van der Waals surface area contributed by atoms with E-state index in [0.29, 0.717) is 19.4 Å². The van der Waals surface area contributed by atoms with Gasteiger partial charge in [-0.1, -0.05) is 18.2 Å². The third-order valence-corrected chi connectivity index (χ3v) is 4.37. The van der Waals surface area contributed by atoms with Crippen LogP contribution in [0.15, 0.2) is 30.5 Å². The lowest BCUT2D eigenvalue weighted by molar-refractivity contribution is -0.121. The molecule has 4 N–H and O–H groups in total. The van der Waals surface area contributed by atoms with Gasteiger partial charge in [0.05, 0.1) is 6.16 Å². The lowest BCUT2D eigenvalue weighted by Gasteiger charge is -2.06. The number of amides is 1. The third-order valence-electron chi connectivity index (χ3n) is 3.47. The number of nitrogens with one attached hydrogen (secondary N) is 2. The second-order valence-electron chi connectivity index (χ2n) is 5.30. The predicted octanol–water partition coefficient (Wildman–Crippen LogP) is 2.17. The van der Waals surface area contributed by atoms with E-state index in [0.717, 1.165) is 18.4 Å². The molecule has 0 spiro atoms. The average Bonchev–Trinajstić information content (AvgIpc) is 2.86. The number of fused-ring (bicyclic) bond motifs is 1. The second kappa shape index (κ2) is 7.58. The molecule has 0 unspecified atom stereocenters. The van der Waals surface area contributed by atoms with Crippen molar-refractivity contribution in [2.45, 2.75) is 25.7 Å². The number of carbonyl (C=O) groups excluding carboxylic acids is 1. The van der Waals surface area contributed by atoms with Crippen LogP contribution < -0.4 is 5.32 Å². The zero-order chi connectivity index (χ0) is 16.0. The number of hydrogen-bond donors (Lipinski definition) is 4. The average molecular weight is 324 g/mol. The van der Waals surface area contributed by atoms with Gasteiger partial charge in [0.1, 0.15) is 0 Å². The van der Waals surface area contributed by atoms with E-state index >= 15 is 0 Å². The molecule has 0 radical (unpaired) electrons. The van der Waals surface area contributed by atoms with E-state index < -0.39 is 7.60 Å². The standard InChI is InChI=1S/C15H21N2O4P/c18-15(16-9-4-10-22(19,20)21)8-3-5-12-11-17-14-7-2-1-6-13(12)14/h1-2,6-7,11,17H,3-5,8-10H2,(H,16,18)(H2,19,20,21). The van der Waals surface area contributed by atoms with Gasteiger partial charge in [-0.15, -0.1) is 0 Å². The summed E-state index contributed by atoms with van der Waals surface area (Å²) in [7, 11) is -3.96. The van der Waals surface area contributed by atoms with Crippen molar-refractivity contribution < 1.29 is 19.1 Å². The molecule has 2 aromatic rings. The molecule has 22 heavy (non-hydrogen) atoms. The Morgan fingerprint density at radius 3 is 2.77 bits per heavy atom. The highest BCUT2D eigenvalue weighted by atomic mass is 31.2. The highest BCUT2D eigenvalue weighted by Crippen LogP contribution is 2.34. The van der Waals surface area contributed by atoms with Crippen LogP contribution in [-0.4, -0.2) is 33.4 Å². The van der Waals surface area contributed by atoms with Crippen LogP contribution in [-0.2, 0) is 15.8 Å². The van der Waals surface area contributed by atoms with Gasteiger partial charge in [-0.05, 0) is 30.9 Å². The van der Waals surface area contributed by atoms with Crippen molar-refractivity contribution in [1.82, 2.24) is 10.3 Å². The van der Waals surface area contributed by atoms with Crippen LogP contribution in [0.4, 0.5) is 0 Å². The van der Waals surface area contributed by atoms with Crippen LogP contribution in [0.3, 0.4) is 0 Å². The van der Waals surface area contributed by atoms with E-state index in [1.807, 2.05) is 24.4 Å². The van der Waals surface area contributed by atoms with Crippen molar-refractivity contribution >= 4 is 24.4 Å². The van der Waals surface area contributed by atoms with Crippen LogP contribution >= 0.6 is 7.60 Å². The number of aryl methyl sites for hydroxylation is 1. The smallest absolute Gasteiger partial charge is 0.325 e. The fourth-order valence-electron chi connectivity index (χ4n) is 2.38. The van der Waals surface area contributed by atoms with Crippen LogP contribution in [0, 0.1) is 0 Å². The molecule has 6 nitrogen and oxygen atoms in total. The van der Waals surface area contributed by atoms with Crippen molar-refractivity contribution in [2.75, 3.05) is 12.7 Å². The Bertz CT molecular complexity index is 677. The zero-order valence-electron chi connectivity index (χ0n) is 12.3. The maximum atomic E-state index is 11.6. The minimum Gasteiger partial charge on any atom is -0.361 e. The van der Waals surface area contributed by atoms with Crippen LogP contribution in [0.1, 0.15) is 24.8 Å². The van der Waals surface area contributed by atoms with E-state index in [1.165, 1.54) is 10.9 Å². The molecule has 1 aromatic heterocycles. The third kappa shape index (κ3) is 5.30. The molecule has 120 valence electrons. The minimum absolute atomic E-state index is 0.0782. The Balaban J connectivity index is 1.68. The van der Waals surface area contributed by atoms with Gasteiger partial charge in [-0.3, -0.25) is 9.36 Å². The van der Waals surface area contributed by atoms with E-state index in [4.69, 9.17) is 9.79 Å². The number of hydrogen-bond acceptors (Lipinski definition) is 2. The Morgan fingerprint density at radius 2 is 2.00 bits per heavy atom. The van der Waals surface area contributed by atoms with Crippen LogP contribution in [0.25, 0.3) is 10.9 Å². The first-order valence-corrected chi connectivity index (χ1v) is 9.12. The van der Waals surface area contributed by atoms with Crippen molar-refractivity contribution in [2.24, 2.45) is 0 Å². The maximum Gasteiger partial charge on any atom is 0.325 e. The fraction of sp³-hybridized carbons (Fsp3) is 0.400. The summed E-state index contributed by atoms with van der Waals surface area (Å²) < 4.78 is 10.7. The number of para-hydroxylation sites is 1. The molecule has 0 saturated heterocycles. The molecule has 0 atom stereocenters. The Hall–Kier alpha value is -1.62. The van der Waals surface area contributed by atoms with Crippen molar-refractivity contribution in [3.63, 3.8) is 0 Å². The van der Waals surface area contributed by atoms with E-state index in [9.17, 15) is 9.36 Å². The van der Waals surface area contributed by atoms with Gasteiger partial charge in [0, 0.05) is 30.1 Å². The van der Waals surface area contributed by atoms with Gasteiger partial charge in [0.2, 0.25) is 5.91 Å². The summed E-state index contributed by atoms with van der Waals surface area (Å²) in [6.45, 7) is 0.303. The maximum absolute atomic E-state index is 11.6. The van der Waals surface area contributed by atoms with E-state index in [-0.39, 0.29) is 12.1 Å². The minimum atomic E-state index is -3.96. The van der Waals surface area contributed by atoms with Gasteiger partial charge in [0.15, 0.2) is 0 Å². The molecule has 1 aromatic carbocycles. The number of rotatable bonds is 8. The first kappa shape index (κ1) is 16.7. The lowest BCUT2D eigenvalue weighted by Crippen LogP contribution is -2.24. The van der Waals surface area contributed by atoms with Crippen molar-refractivity contribution in [3.05, 3.63) is 36.0 Å². The van der Waals surface area contributed by atoms with Gasteiger partial charge in [0.25, 0.3) is 0 Å². The van der Waals surface area contributed by atoms with E-state index in [1.54, 1.807) is 0 Å². The number of carbonyl (C=O) groups is 1. The summed E-state index contributed by atoms with van der Waals surface area (Å²) >= 11 is 0. The molecule has 0 saturated carbocycles. The molecule has 7 heteroatoms. The Kier molecular flexibility index (Phi) is 5.77. The summed E-state index contributed by atoms with van der Waals surface area (Å²) in [4.78, 5) is 32.3. The molecular formula is C15H21N2O4P. The topological polar surface area (TPSA) is 102 Å². The zero-order valence-corrected chi connectivity index (χ0v) is 13.2. The predicted molar refractivity (Wildman–Crippen MR) is 85.8 cm³/mol. The highest BCUT2D eigenvalue weighted by Gasteiger charge is 2.12. The molecule has 2 rings (SSSR count). The number of aromatic amines is 1. The van der Waals surface area contributed by atoms with E-state index in [2.05, 4.69) is 16.4 Å². The van der Waals surface area contributed by atoms with Gasteiger partial charge >= 0.3 is 7.60 Å². The molecule has 0 aliphatic heterocycles. The largest absolute Gasteiger partial charge is 0.361 e. The first-order chi connectivity index (χ1) is 10.5. The van der Waals surface area contributed by atoms with Crippen molar-refractivity contribution in [3.8, 4) is 0 Å². The lowest BCUT2D eigenvalue weighted by atomic mass is 10.1. The first-order valence-electron chi connectivity index (χ1n) is 7.32. The summed E-state index contributed by atoms with van der Waals surface area (Å²) in [5.74, 6) is -0.0782. The van der Waals surface area contributed by atoms with Crippen LogP contribution in [0.5, 0.6) is 0 Å². The summed E-state index contributed by atoms with van der Waals surface area (Å²) in [6, 6.07) is 8.05. The number of benzene rings is 1. The molecule has 1 heterocycles. The number of aromatic nitrogens is 1. The molecular weight excluding hydrogens is 303 g/mol. The molecule has 0 aliphatic rings. The van der Waals surface area contributed by atoms with Gasteiger partial charge < -0.3 is 20.1 Å². The van der Waals surface area contributed by atoms with Crippen molar-refractivity contribution in [1.29, 1.82) is 0 Å². The monoisotopic (exact) mass is 324 g/mol. The molecule has 0 fully saturated rings. The number of H-pyrrole nitrogens is 1.